The van der Waals surface area contributed by atoms with E-state index in [1.165, 1.54) is 22.3 Å². The number of hydrogen-bond acceptors (Lipinski definition) is 2. The lowest BCUT2D eigenvalue weighted by Crippen LogP contribution is -2.23. The fourth-order valence-corrected chi connectivity index (χ4v) is 3.54. The predicted octanol–water partition coefficient (Wildman–Crippen LogP) is 4.39. The first kappa shape index (κ1) is 14.6. The minimum atomic E-state index is 0.167. The van der Waals surface area contributed by atoms with Crippen LogP contribution in [0.1, 0.15) is 35.2 Å². The molecular weight excluding hydrogens is 326 g/mol. The lowest BCUT2D eigenvalue weighted by atomic mass is 9.93. The van der Waals surface area contributed by atoms with Gasteiger partial charge in [-0.1, -0.05) is 47.1 Å². The monoisotopic (exact) mass is 345 g/mol. The van der Waals surface area contributed by atoms with Gasteiger partial charge in [-0.2, -0.15) is 0 Å². The molecule has 2 aromatic rings. The maximum atomic E-state index is 5.91. The second-order valence-corrected chi connectivity index (χ2v) is 6.34. The van der Waals surface area contributed by atoms with Gasteiger partial charge in [-0.25, -0.2) is 0 Å². The van der Waals surface area contributed by atoms with Crippen molar-refractivity contribution in [2.75, 3.05) is 13.2 Å². The normalized spacial score (nSPS) is 14.6. The molecule has 0 bridgehead atoms. The average Bonchev–Trinajstić information content (AvgIpc) is 2.93. The number of rotatable bonds is 4. The van der Waals surface area contributed by atoms with Gasteiger partial charge in [0, 0.05) is 16.5 Å². The molecule has 1 N–H and O–H groups in total. The maximum Gasteiger partial charge on any atom is 0.127 e. The van der Waals surface area contributed by atoms with E-state index in [0.29, 0.717) is 0 Å². The Hall–Kier alpha value is -1.32. The number of fused-ring (bicyclic) bond motifs is 1. The van der Waals surface area contributed by atoms with Crippen LogP contribution in [0.5, 0.6) is 5.75 Å². The molecule has 110 valence electrons. The van der Waals surface area contributed by atoms with Crippen LogP contribution in [0.25, 0.3) is 0 Å². The summed E-state index contributed by atoms with van der Waals surface area (Å²) in [5, 5.41) is 3.61. The number of hydrogen-bond donors (Lipinski definition) is 1. The van der Waals surface area contributed by atoms with Crippen molar-refractivity contribution in [1.82, 2.24) is 5.32 Å². The molecule has 2 aromatic carbocycles. The summed E-state index contributed by atoms with van der Waals surface area (Å²) >= 11 is 3.64. The van der Waals surface area contributed by atoms with Gasteiger partial charge in [-0.3, -0.25) is 0 Å². The molecule has 1 heterocycles. The third-order valence-electron chi connectivity index (χ3n) is 4.00. The fourth-order valence-electron chi connectivity index (χ4n) is 3.01. The molecule has 3 rings (SSSR count). The minimum Gasteiger partial charge on any atom is -0.493 e. The van der Waals surface area contributed by atoms with E-state index in [-0.39, 0.29) is 6.04 Å². The lowest BCUT2D eigenvalue weighted by Gasteiger charge is -2.23. The minimum absolute atomic E-state index is 0.167. The molecule has 2 nitrogen and oxygen atoms in total. The summed E-state index contributed by atoms with van der Waals surface area (Å²) in [6.07, 6.45) is 0.994. The van der Waals surface area contributed by atoms with Crippen LogP contribution in [-0.2, 0) is 6.42 Å². The van der Waals surface area contributed by atoms with Crippen LogP contribution < -0.4 is 10.1 Å². The van der Waals surface area contributed by atoms with Gasteiger partial charge < -0.3 is 10.1 Å². The van der Waals surface area contributed by atoms with Crippen molar-refractivity contribution in [1.29, 1.82) is 0 Å². The molecule has 0 radical (unpaired) electrons. The highest BCUT2D eigenvalue weighted by atomic mass is 79.9. The van der Waals surface area contributed by atoms with Crippen molar-refractivity contribution < 1.29 is 4.74 Å². The van der Waals surface area contributed by atoms with E-state index in [0.717, 1.165) is 29.8 Å². The van der Waals surface area contributed by atoms with Gasteiger partial charge in [-0.05, 0) is 42.3 Å². The molecule has 0 fully saturated rings. The van der Waals surface area contributed by atoms with Crippen molar-refractivity contribution in [3.8, 4) is 5.75 Å². The first-order valence-electron chi connectivity index (χ1n) is 7.44. The standard InChI is InChI=1S/C18H20BrNO/c1-3-20-17(15-7-5-4-6-12(15)2)16-11-14(19)10-13-8-9-21-18(13)16/h4-7,10-11,17,20H,3,8-9H2,1-2H3. The van der Waals surface area contributed by atoms with Crippen LogP contribution in [0, 0.1) is 6.92 Å². The third-order valence-corrected chi connectivity index (χ3v) is 4.45. The van der Waals surface area contributed by atoms with E-state index in [1.807, 2.05) is 0 Å². The molecule has 0 saturated heterocycles. The molecule has 1 unspecified atom stereocenters. The summed E-state index contributed by atoms with van der Waals surface area (Å²) in [6, 6.07) is 13.1. The Morgan fingerprint density at radius 2 is 2.05 bits per heavy atom. The Bertz CT molecular complexity index is 654. The molecule has 0 amide bonds. The van der Waals surface area contributed by atoms with Gasteiger partial charge in [-0.15, -0.1) is 0 Å². The SMILES string of the molecule is CCNC(c1ccccc1C)c1cc(Br)cc2c1OCC2. The van der Waals surface area contributed by atoms with Crippen LogP contribution in [0.2, 0.25) is 0 Å². The Morgan fingerprint density at radius 1 is 1.24 bits per heavy atom. The number of nitrogens with one attached hydrogen (secondary N) is 1. The summed E-state index contributed by atoms with van der Waals surface area (Å²) in [6.45, 7) is 6.01. The number of ether oxygens (including phenoxy) is 1. The molecule has 0 saturated carbocycles. The van der Waals surface area contributed by atoms with Gasteiger partial charge in [0.05, 0.1) is 12.6 Å². The number of halogens is 1. The van der Waals surface area contributed by atoms with E-state index in [1.54, 1.807) is 0 Å². The van der Waals surface area contributed by atoms with Crippen molar-refractivity contribution >= 4 is 15.9 Å². The first-order valence-corrected chi connectivity index (χ1v) is 8.24. The highest BCUT2D eigenvalue weighted by Crippen LogP contribution is 2.39. The summed E-state index contributed by atoms with van der Waals surface area (Å²) in [5.41, 5.74) is 5.15. The van der Waals surface area contributed by atoms with E-state index in [9.17, 15) is 0 Å². The second kappa shape index (κ2) is 6.20. The third kappa shape index (κ3) is 2.85. The molecule has 1 aliphatic rings. The molecule has 1 atom stereocenters. The molecule has 3 heteroatoms. The topological polar surface area (TPSA) is 21.3 Å². The van der Waals surface area contributed by atoms with E-state index >= 15 is 0 Å². The van der Waals surface area contributed by atoms with Crippen LogP contribution in [0.15, 0.2) is 40.9 Å². The van der Waals surface area contributed by atoms with Crippen molar-refractivity contribution in [2.24, 2.45) is 0 Å². The van der Waals surface area contributed by atoms with Crippen LogP contribution >= 0.6 is 15.9 Å². The van der Waals surface area contributed by atoms with E-state index < -0.39 is 0 Å². The van der Waals surface area contributed by atoms with Gasteiger partial charge in [0.2, 0.25) is 0 Å². The quantitative estimate of drug-likeness (QED) is 0.887. The van der Waals surface area contributed by atoms with E-state index in [4.69, 9.17) is 4.74 Å². The molecular formula is C18H20BrNO. The molecule has 0 aliphatic carbocycles. The van der Waals surface area contributed by atoms with Crippen LogP contribution in [0.3, 0.4) is 0 Å². The Morgan fingerprint density at radius 3 is 2.81 bits per heavy atom. The van der Waals surface area contributed by atoms with Crippen molar-refractivity contribution in [2.45, 2.75) is 26.3 Å². The summed E-state index contributed by atoms with van der Waals surface area (Å²) in [5.74, 6) is 1.06. The predicted molar refractivity (Wildman–Crippen MR) is 90.0 cm³/mol. The Balaban J connectivity index is 2.13. The lowest BCUT2D eigenvalue weighted by molar-refractivity contribution is 0.350. The number of benzene rings is 2. The van der Waals surface area contributed by atoms with Gasteiger partial charge in [0.15, 0.2) is 0 Å². The summed E-state index contributed by atoms with van der Waals surface area (Å²) in [7, 11) is 0. The maximum absolute atomic E-state index is 5.91. The first-order chi connectivity index (χ1) is 10.2. The zero-order valence-electron chi connectivity index (χ0n) is 12.4. The molecule has 0 spiro atoms. The Kier molecular flexibility index (Phi) is 4.32. The molecule has 1 aliphatic heterocycles. The fraction of sp³-hybridized carbons (Fsp3) is 0.333. The van der Waals surface area contributed by atoms with Crippen molar-refractivity contribution in [3.63, 3.8) is 0 Å². The van der Waals surface area contributed by atoms with Crippen LogP contribution in [0.4, 0.5) is 0 Å². The highest BCUT2D eigenvalue weighted by Gasteiger charge is 2.24. The smallest absolute Gasteiger partial charge is 0.127 e. The van der Waals surface area contributed by atoms with Crippen molar-refractivity contribution in [3.05, 3.63) is 63.1 Å². The highest BCUT2D eigenvalue weighted by molar-refractivity contribution is 9.10. The van der Waals surface area contributed by atoms with Gasteiger partial charge >= 0.3 is 0 Å². The van der Waals surface area contributed by atoms with Crippen LogP contribution in [-0.4, -0.2) is 13.2 Å². The summed E-state index contributed by atoms with van der Waals surface area (Å²) < 4.78 is 7.04. The number of aryl methyl sites for hydroxylation is 1. The largest absolute Gasteiger partial charge is 0.493 e. The molecule has 0 aromatic heterocycles. The van der Waals surface area contributed by atoms with Gasteiger partial charge in [0.1, 0.15) is 5.75 Å². The van der Waals surface area contributed by atoms with E-state index in [2.05, 4.69) is 71.5 Å². The van der Waals surface area contributed by atoms with Gasteiger partial charge in [0.25, 0.3) is 0 Å². The molecule has 21 heavy (non-hydrogen) atoms. The average molecular weight is 346 g/mol. The zero-order valence-corrected chi connectivity index (χ0v) is 14.0. The second-order valence-electron chi connectivity index (χ2n) is 5.43. The Labute approximate surface area is 134 Å². The summed E-state index contributed by atoms with van der Waals surface area (Å²) in [4.78, 5) is 0. The zero-order chi connectivity index (χ0) is 14.8.